The number of aliphatic hydroxyl groups excluding tert-OH is 1. The zero-order chi connectivity index (χ0) is 25.9. The van der Waals surface area contributed by atoms with Gasteiger partial charge in [0.05, 0.1) is 34.9 Å². The summed E-state index contributed by atoms with van der Waals surface area (Å²) in [5.74, 6) is 0. The van der Waals surface area contributed by atoms with Crippen molar-refractivity contribution in [2.75, 3.05) is 18.4 Å². The fraction of sp³-hybridized carbons (Fsp3) is 0.346. The lowest BCUT2D eigenvalue weighted by Crippen LogP contribution is -2.35. The monoisotopic (exact) mass is 542 g/mol. The normalized spacial score (nSPS) is 14.8. The highest BCUT2D eigenvalue weighted by Crippen LogP contribution is 2.29. The molecular formula is C26H28Cl2N6O3. The van der Waals surface area contributed by atoms with Gasteiger partial charge >= 0.3 is 6.09 Å². The van der Waals surface area contributed by atoms with Crippen molar-refractivity contribution in [2.45, 2.75) is 45.6 Å². The molecule has 0 saturated carbocycles. The van der Waals surface area contributed by atoms with E-state index in [2.05, 4.69) is 25.1 Å². The zero-order valence-electron chi connectivity index (χ0n) is 20.4. The van der Waals surface area contributed by atoms with Crippen LogP contribution in [0.5, 0.6) is 0 Å². The van der Waals surface area contributed by atoms with Crippen molar-refractivity contribution in [2.24, 2.45) is 0 Å². The number of hydrogen-bond acceptors (Lipinski definition) is 6. The van der Waals surface area contributed by atoms with E-state index in [0.717, 1.165) is 54.8 Å². The molecule has 0 aliphatic carbocycles. The molecule has 0 spiro atoms. The number of aromatic nitrogens is 4. The lowest BCUT2D eigenvalue weighted by Gasteiger charge is -2.28. The summed E-state index contributed by atoms with van der Waals surface area (Å²) in [4.78, 5) is 14.9. The van der Waals surface area contributed by atoms with Crippen molar-refractivity contribution in [3.8, 4) is 5.69 Å². The SMILES string of the molecule is CCn1cc(NC(=O)OCc2cc(Cl)cc(Cl)c2)c2cc(-n3cc(CN4CCC(O)CC4)nn3)ccc21. The number of rotatable bonds is 7. The quantitative estimate of drug-likeness (QED) is 0.330. The molecule has 4 aromatic rings. The highest BCUT2D eigenvalue weighted by atomic mass is 35.5. The van der Waals surface area contributed by atoms with Gasteiger partial charge in [0.1, 0.15) is 6.61 Å². The Bertz CT molecular complexity index is 1390. The average Bonchev–Trinajstić information content (AvgIpc) is 3.48. The molecule has 0 radical (unpaired) electrons. The van der Waals surface area contributed by atoms with Gasteiger partial charge in [-0.1, -0.05) is 28.4 Å². The van der Waals surface area contributed by atoms with Crippen molar-refractivity contribution in [1.82, 2.24) is 24.5 Å². The van der Waals surface area contributed by atoms with Gasteiger partial charge in [-0.2, -0.15) is 0 Å². The Labute approximate surface area is 224 Å². The number of amides is 1. The van der Waals surface area contributed by atoms with Gasteiger partial charge in [0.25, 0.3) is 0 Å². The van der Waals surface area contributed by atoms with E-state index in [9.17, 15) is 9.90 Å². The highest BCUT2D eigenvalue weighted by molar-refractivity contribution is 6.34. The predicted molar refractivity (Wildman–Crippen MR) is 143 cm³/mol. The molecule has 2 aromatic heterocycles. The number of halogens is 2. The van der Waals surface area contributed by atoms with Gasteiger partial charge in [0.2, 0.25) is 0 Å². The molecule has 1 aliphatic rings. The van der Waals surface area contributed by atoms with Gasteiger partial charge in [-0.25, -0.2) is 9.48 Å². The Balaban J connectivity index is 1.31. The van der Waals surface area contributed by atoms with E-state index in [1.54, 1.807) is 22.9 Å². The molecule has 5 rings (SSSR count). The number of ether oxygens (including phenoxy) is 1. The van der Waals surface area contributed by atoms with Crippen LogP contribution in [0.2, 0.25) is 10.0 Å². The minimum absolute atomic E-state index is 0.0431. The summed E-state index contributed by atoms with van der Waals surface area (Å²) in [5.41, 5.74) is 4.02. The molecule has 2 N–H and O–H groups in total. The summed E-state index contributed by atoms with van der Waals surface area (Å²) in [7, 11) is 0. The lowest BCUT2D eigenvalue weighted by atomic mass is 10.1. The molecule has 1 amide bonds. The molecule has 3 heterocycles. The molecule has 0 bridgehead atoms. The molecule has 1 fully saturated rings. The van der Waals surface area contributed by atoms with Crippen LogP contribution in [0.25, 0.3) is 16.6 Å². The lowest BCUT2D eigenvalue weighted by molar-refractivity contribution is 0.0786. The Morgan fingerprint density at radius 2 is 1.89 bits per heavy atom. The van der Waals surface area contributed by atoms with E-state index >= 15 is 0 Å². The number of nitrogens with zero attached hydrogens (tertiary/aromatic N) is 5. The molecule has 2 aromatic carbocycles. The summed E-state index contributed by atoms with van der Waals surface area (Å²) in [6.45, 7) is 5.21. The number of fused-ring (bicyclic) bond motifs is 1. The minimum Gasteiger partial charge on any atom is -0.444 e. The van der Waals surface area contributed by atoms with Crippen LogP contribution in [0.1, 0.15) is 31.0 Å². The first kappa shape index (κ1) is 25.5. The first-order valence-corrected chi connectivity index (χ1v) is 13.0. The average molecular weight is 543 g/mol. The smallest absolute Gasteiger partial charge is 0.412 e. The molecular weight excluding hydrogens is 515 g/mol. The fourth-order valence-corrected chi connectivity index (χ4v) is 5.15. The number of aliphatic hydroxyl groups is 1. The van der Waals surface area contributed by atoms with Gasteiger partial charge in [-0.3, -0.25) is 10.2 Å². The van der Waals surface area contributed by atoms with Crippen molar-refractivity contribution in [1.29, 1.82) is 0 Å². The number of piperidine rings is 1. The van der Waals surface area contributed by atoms with Crippen LogP contribution < -0.4 is 5.32 Å². The largest absolute Gasteiger partial charge is 0.444 e. The Morgan fingerprint density at radius 1 is 1.14 bits per heavy atom. The van der Waals surface area contributed by atoms with Crippen molar-refractivity contribution in [3.05, 3.63) is 70.1 Å². The maximum Gasteiger partial charge on any atom is 0.412 e. The second-order valence-corrected chi connectivity index (χ2v) is 10.0. The summed E-state index contributed by atoms with van der Waals surface area (Å²) in [6.07, 6.45) is 4.59. The molecule has 1 saturated heterocycles. The van der Waals surface area contributed by atoms with Crippen LogP contribution in [0.15, 0.2) is 48.8 Å². The van der Waals surface area contributed by atoms with Gasteiger partial charge in [0.15, 0.2) is 0 Å². The second kappa shape index (κ2) is 11.1. The van der Waals surface area contributed by atoms with Crippen molar-refractivity contribution in [3.63, 3.8) is 0 Å². The van der Waals surface area contributed by atoms with Crippen LogP contribution in [0.3, 0.4) is 0 Å². The molecule has 1 aliphatic heterocycles. The first-order chi connectivity index (χ1) is 17.9. The van der Waals surface area contributed by atoms with E-state index in [-0.39, 0.29) is 12.7 Å². The van der Waals surface area contributed by atoms with Crippen molar-refractivity contribution >= 4 is 45.9 Å². The summed E-state index contributed by atoms with van der Waals surface area (Å²) in [5, 5.41) is 23.1. The highest BCUT2D eigenvalue weighted by Gasteiger charge is 2.19. The number of likely N-dealkylation sites (tertiary alicyclic amines) is 1. The maximum atomic E-state index is 12.6. The Morgan fingerprint density at radius 3 is 2.62 bits per heavy atom. The topological polar surface area (TPSA) is 97.4 Å². The van der Waals surface area contributed by atoms with Gasteiger partial charge in [0, 0.05) is 47.8 Å². The Kier molecular flexibility index (Phi) is 7.66. The third-order valence-electron chi connectivity index (χ3n) is 6.48. The molecule has 11 heteroatoms. The summed E-state index contributed by atoms with van der Waals surface area (Å²) >= 11 is 12.1. The standard InChI is InChI=1S/C26H28Cl2N6O3/c1-2-33-15-24(29-26(36)37-16-17-9-18(27)11-19(28)10-17)23-12-21(3-4-25(23)33)34-14-20(30-31-34)13-32-7-5-22(35)6-8-32/h3-4,9-12,14-15,22,35H,2,5-8,13,16H2,1H3,(H,29,36). The number of hydrogen-bond donors (Lipinski definition) is 2. The number of aryl methyl sites for hydroxylation is 1. The van der Waals surface area contributed by atoms with Crippen LogP contribution in [0.4, 0.5) is 10.5 Å². The predicted octanol–water partition coefficient (Wildman–Crippen LogP) is 5.25. The number of benzene rings is 2. The molecule has 9 nitrogen and oxygen atoms in total. The van der Waals surface area contributed by atoms with E-state index < -0.39 is 6.09 Å². The minimum atomic E-state index is -0.577. The van der Waals surface area contributed by atoms with Crippen LogP contribution >= 0.6 is 23.2 Å². The zero-order valence-corrected chi connectivity index (χ0v) is 21.9. The number of nitrogens with one attached hydrogen (secondary N) is 1. The number of anilines is 1. The summed E-state index contributed by atoms with van der Waals surface area (Å²) < 4.78 is 9.20. The van der Waals surface area contributed by atoms with E-state index in [0.29, 0.717) is 27.8 Å². The van der Waals surface area contributed by atoms with Gasteiger partial charge in [-0.15, -0.1) is 5.10 Å². The number of carbonyl (C=O) groups is 1. The fourth-order valence-electron chi connectivity index (χ4n) is 4.58. The summed E-state index contributed by atoms with van der Waals surface area (Å²) in [6, 6.07) is 11.0. The maximum absolute atomic E-state index is 12.6. The van der Waals surface area contributed by atoms with Crippen LogP contribution in [-0.4, -0.2) is 54.9 Å². The molecule has 0 atom stereocenters. The van der Waals surface area contributed by atoms with Gasteiger partial charge in [-0.05, 0) is 61.7 Å². The first-order valence-electron chi connectivity index (χ1n) is 12.2. The van der Waals surface area contributed by atoms with E-state index in [4.69, 9.17) is 27.9 Å². The third-order valence-corrected chi connectivity index (χ3v) is 6.92. The molecule has 194 valence electrons. The Hall–Kier alpha value is -3.11. The molecule has 37 heavy (non-hydrogen) atoms. The van der Waals surface area contributed by atoms with Gasteiger partial charge < -0.3 is 14.4 Å². The third kappa shape index (κ3) is 6.07. The van der Waals surface area contributed by atoms with Crippen LogP contribution in [0, 0.1) is 0 Å². The van der Waals surface area contributed by atoms with E-state index in [1.807, 2.05) is 37.5 Å². The second-order valence-electron chi connectivity index (χ2n) is 9.17. The van der Waals surface area contributed by atoms with E-state index in [1.165, 1.54) is 0 Å². The van der Waals surface area contributed by atoms with Crippen LogP contribution in [-0.2, 0) is 24.4 Å². The van der Waals surface area contributed by atoms with Crippen molar-refractivity contribution < 1.29 is 14.6 Å². The molecule has 0 unspecified atom stereocenters. The number of carbonyl (C=O) groups excluding carboxylic acids is 1.